The van der Waals surface area contributed by atoms with E-state index in [1.807, 2.05) is 0 Å². The van der Waals surface area contributed by atoms with Gasteiger partial charge in [-0.1, -0.05) is 68.2 Å². The van der Waals surface area contributed by atoms with Crippen LogP contribution in [-0.4, -0.2) is 8.07 Å². The van der Waals surface area contributed by atoms with Gasteiger partial charge in [0, 0.05) is 17.2 Å². The Balaban J connectivity index is 1.98. The minimum Gasteiger partial charge on any atom is -0.193 e. The van der Waals surface area contributed by atoms with Crippen LogP contribution >= 0.6 is 0 Å². The smallest absolute Gasteiger partial charge is 0.193 e. The lowest BCUT2D eigenvalue weighted by Gasteiger charge is -2.20. The Hall–Kier alpha value is -2.19. The predicted molar refractivity (Wildman–Crippen MR) is 99.6 cm³/mol. The molecule has 0 spiro atoms. The molecule has 2 heterocycles. The van der Waals surface area contributed by atoms with Crippen LogP contribution in [0.1, 0.15) is 5.56 Å². The maximum atomic E-state index is 2.46. The Morgan fingerprint density at radius 3 is 2.26 bits per heavy atom. The second-order valence-corrected chi connectivity index (χ2v) is 12.4. The first-order valence-corrected chi connectivity index (χ1v) is 11.8. The van der Waals surface area contributed by atoms with Crippen LogP contribution in [0.25, 0.3) is 22.4 Å². The Morgan fingerprint density at radius 1 is 0.826 bits per heavy atom. The first-order chi connectivity index (χ1) is 11.0. The summed E-state index contributed by atoms with van der Waals surface area (Å²) in [6, 6.07) is 22.1. The molecule has 0 aliphatic carbocycles. The summed E-state index contributed by atoms with van der Waals surface area (Å²) in [5.41, 5.74) is 6.93. The maximum Gasteiger partial charge on any atom is 0.213 e. The van der Waals surface area contributed by atoms with Crippen molar-refractivity contribution < 1.29 is 4.57 Å². The molecule has 0 N–H and O–H groups in total. The molecular weight excluding hydrogens is 294 g/mol. The Kier molecular flexibility index (Phi) is 3.24. The van der Waals surface area contributed by atoms with Crippen molar-refractivity contribution in [3.05, 3.63) is 72.4 Å². The molecule has 0 unspecified atom stereocenters. The highest BCUT2D eigenvalue weighted by atomic mass is 28.3. The molecule has 1 aliphatic rings. The fraction of sp³-hybridized carbons (Fsp3) is 0.190. The summed E-state index contributed by atoms with van der Waals surface area (Å²) in [6.45, 7) is 8.30. The summed E-state index contributed by atoms with van der Waals surface area (Å²) in [4.78, 5) is 0. The summed E-state index contributed by atoms with van der Waals surface area (Å²) in [6.07, 6.45) is 2.37. The minimum atomic E-state index is -1.44. The molecule has 0 radical (unpaired) electrons. The average molecular weight is 316 g/mol. The molecule has 0 amide bonds. The number of rotatable bonds is 2. The molecule has 23 heavy (non-hydrogen) atoms. The SMILES string of the molecule is C[Si](C)(C)c1cc2[n+](cc1-c1ccccc1)Cc1ccccc1-2. The summed E-state index contributed by atoms with van der Waals surface area (Å²) >= 11 is 0. The van der Waals surface area contributed by atoms with Gasteiger partial charge in [-0.15, -0.1) is 0 Å². The van der Waals surface area contributed by atoms with Gasteiger partial charge in [-0.3, -0.25) is 0 Å². The van der Waals surface area contributed by atoms with Gasteiger partial charge in [0.2, 0.25) is 5.69 Å². The van der Waals surface area contributed by atoms with E-state index in [0.29, 0.717) is 0 Å². The Bertz CT molecular complexity index is 876. The third-order valence-corrected chi connectivity index (χ3v) is 6.72. The highest BCUT2D eigenvalue weighted by Gasteiger charge is 2.31. The molecular formula is C21H22NSi+. The maximum absolute atomic E-state index is 2.46. The summed E-state index contributed by atoms with van der Waals surface area (Å²) < 4.78 is 2.41. The molecule has 0 bridgehead atoms. The van der Waals surface area contributed by atoms with Crippen molar-refractivity contribution in [2.24, 2.45) is 0 Å². The molecule has 114 valence electrons. The highest BCUT2D eigenvalue weighted by Crippen LogP contribution is 2.29. The van der Waals surface area contributed by atoms with E-state index in [1.165, 1.54) is 27.9 Å². The van der Waals surface area contributed by atoms with E-state index >= 15 is 0 Å². The third-order valence-electron chi connectivity index (χ3n) is 4.69. The molecule has 0 saturated carbocycles. The van der Waals surface area contributed by atoms with Crippen molar-refractivity contribution in [2.75, 3.05) is 0 Å². The Labute approximate surface area is 139 Å². The zero-order chi connectivity index (χ0) is 16.0. The number of aromatic nitrogens is 1. The van der Waals surface area contributed by atoms with Crippen LogP contribution in [0.5, 0.6) is 0 Å². The van der Waals surface area contributed by atoms with Crippen molar-refractivity contribution in [3.8, 4) is 22.4 Å². The van der Waals surface area contributed by atoms with Gasteiger partial charge >= 0.3 is 0 Å². The average Bonchev–Trinajstić information content (AvgIpc) is 2.91. The van der Waals surface area contributed by atoms with Crippen LogP contribution < -0.4 is 9.75 Å². The van der Waals surface area contributed by atoms with E-state index in [1.54, 1.807) is 5.19 Å². The molecule has 1 nitrogen and oxygen atoms in total. The van der Waals surface area contributed by atoms with Gasteiger partial charge < -0.3 is 0 Å². The Morgan fingerprint density at radius 2 is 1.52 bits per heavy atom. The third kappa shape index (κ3) is 2.43. The molecule has 1 aliphatic heterocycles. The van der Waals surface area contributed by atoms with E-state index in [0.717, 1.165) is 6.54 Å². The van der Waals surface area contributed by atoms with Gasteiger partial charge in [-0.25, -0.2) is 0 Å². The number of benzene rings is 2. The second-order valence-electron chi connectivity index (χ2n) is 7.39. The van der Waals surface area contributed by atoms with Crippen molar-refractivity contribution in [3.63, 3.8) is 0 Å². The molecule has 0 fully saturated rings. The van der Waals surface area contributed by atoms with Crippen LogP contribution in [0.3, 0.4) is 0 Å². The van der Waals surface area contributed by atoms with Gasteiger partial charge in [0.05, 0.1) is 13.6 Å². The topological polar surface area (TPSA) is 3.88 Å². The van der Waals surface area contributed by atoms with Crippen molar-refractivity contribution >= 4 is 13.3 Å². The van der Waals surface area contributed by atoms with Gasteiger partial charge in [0.1, 0.15) is 0 Å². The second kappa shape index (κ2) is 5.17. The molecule has 3 aromatic rings. The summed E-state index contributed by atoms with van der Waals surface area (Å²) in [5.74, 6) is 0. The first kappa shape index (κ1) is 14.4. The number of pyridine rings is 1. The van der Waals surface area contributed by atoms with Crippen molar-refractivity contribution in [2.45, 2.75) is 26.2 Å². The van der Waals surface area contributed by atoms with E-state index in [2.05, 4.69) is 91.1 Å². The largest absolute Gasteiger partial charge is 0.213 e. The highest BCUT2D eigenvalue weighted by molar-refractivity contribution is 6.89. The lowest BCUT2D eigenvalue weighted by atomic mass is 10.1. The lowest BCUT2D eigenvalue weighted by molar-refractivity contribution is -0.671. The zero-order valence-electron chi connectivity index (χ0n) is 14.0. The molecule has 0 atom stereocenters. The number of hydrogen-bond donors (Lipinski definition) is 0. The predicted octanol–water partition coefficient (Wildman–Crippen LogP) is 4.22. The molecule has 2 heteroatoms. The van der Waals surface area contributed by atoms with Gasteiger partial charge in [0.25, 0.3) is 0 Å². The van der Waals surface area contributed by atoms with Crippen LogP contribution in [-0.2, 0) is 6.54 Å². The van der Waals surface area contributed by atoms with E-state index in [9.17, 15) is 0 Å². The quantitative estimate of drug-likeness (QED) is 0.385. The van der Waals surface area contributed by atoms with Gasteiger partial charge in [-0.2, -0.15) is 4.57 Å². The fourth-order valence-corrected chi connectivity index (χ4v) is 5.10. The summed E-state index contributed by atoms with van der Waals surface area (Å²) in [7, 11) is -1.44. The number of nitrogens with zero attached hydrogens (tertiary/aromatic N) is 1. The molecule has 4 rings (SSSR count). The lowest BCUT2D eigenvalue weighted by Crippen LogP contribution is -2.43. The van der Waals surface area contributed by atoms with Crippen LogP contribution in [0.15, 0.2) is 66.9 Å². The molecule has 2 aromatic carbocycles. The normalized spacial score (nSPS) is 12.8. The van der Waals surface area contributed by atoms with Crippen molar-refractivity contribution in [1.82, 2.24) is 0 Å². The van der Waals surface area contributed by atoms with Crippen LogP contribution in [0.2, 0.25) is 19.6 Å². The standard InChI is InChI=1S/C21H22NSi/c1-23(2,3)21-13-20-18-12-8-7-11-17(18)14-22(20)15-19(21)16-9-5-4-6-10-16/h4-13,15H,14H2,1-3H3/q+1. The van der Waals surface area contributed by atoms with Crippen LogP contribution in [0, 0.1) is 0 Å². The van der Waals surface area contributed by atoms with E-state index < -0.39 is 8.07 Å². The molecule has 1 aromatic heterocycles. The minimum absolute atomic E-state index is 0.983. The van der Waals surface area contributed by atoms with E-state index in [-0.39, 0.29) is 0 Å². The van der Waals surface area contributed by atoms with Crippen LogP contribution in [0.4, 0.5) is 0 Å². The van der Waals surface area contributed by atoms with Gasteiger partial charge in [0.15, 0.2) is 12.7 Å². The fourth-order valence-electron chi connectivity index (χ4n) is 3.52. The number of hydrogen-bond acceptors (Lipinski definition) is 0. The molecule has 0 saturated heterocycles. The number of fused-ring (bicyclic) bond motifs is 3. The van der Waals surface area contributed by atoms with Gasteiger partial charge in [-0.05, 0) is 16.8 Å². The summed E-state index contributed by atoms with van der Waals surface area (Å²) in [5, 5.41) is 1.55. The van der Waals surface area contributed by atoms with E-state index in [4.69, 9.17) is 0 Å². The van der Waals surface area contributed by atoms with Crippen molar-refractivity contribution in [1.29, 1.82) is 0 Å². The first-order valence-electron chi connectivity index (χ1n) is 8.26. The monoisotopic (exact) mass is 316 g/mol. The zero-order valence-corrected chi connectivity index (χ0v) is 15.0.